The van der Waals surface area contributed by atoms with Crippen LogP contribution in [0.5, 0.6) is 86.2 Å². The molecule has 0 unspecified atom stereocenters. The Morgan fingerprint density at radius 1 is 0.307 bits per heavy atom. The van der Waals surface area contributed by atoms with Crippen molar-refractivity contribution in [3.8, 4) is 86.2 Å². The molecule has 114 heavy (non-hydrogen) atoms. The zero-order valence-corrected chi connectivity index (χ0v) is 69.7. The number of carboxylic acid groups (broad SMARTS) is 1. The molecule has 33 heteroatoms. The molecule has 33 nitrogen and oxygen atoms in total. The van der Waals surface area contributed by atoms with Crippen LogP contribution in [-0.4, -0.2) is 236 Å². The van der Waals surface area contributed by atoms with Crippen LogP contribution in [0.4, 0.5) is 19.2 Å². The number of nitrogens with zero attached hydrogens (tertiary/aromatic N) is 4. The van der Waals surface area contributed by atoms with E-state index < -0.39 is 42.2 Å². The largest absolute Gasteiger partial charge is 0.493 e. The number of carbonyl (C=O) groups is 9. The highest BCUT2D eigenvalue weighted by Gasteiger charge is 2.45. The number of carboxylic acids is 1. The van der Waals surface area contributed by atoms with Gasteiger partial charge in [-0.3, -0.25) is 24.0 Å². The standard InChI is InChI=1S/2C18H25NO6.2C17H23NO6.C11H14O5/c2*1-10(2)13-9-25-18(21)19(13)17(20)11(3)12-7-14(22-4)16(24-6)15(8-12)23-5;2*1-10(2)12-9-24-17(20)18(12)15(19)8-11-6-13(21-3)16(23-5)14(7-11)22-4;1-14-8-4-7(6-10(12)13)5-9(15-2)11(8)16-3/h2*7-8,10-11,13H,9H2,1-6H3;2*6-7,10,12H,8-9H2,1-5H3;4-5H,6H2,1-3H3,(H,12,13)/t2*11-,13+;2*12-;/m1010./s1. The van der Waals surface area contributed by atoms with E-state index in [1.165, 1.54) is 126 Å². The van der Waals surface area contributed by atoms with Crippen LogP contribution in [0.2, 0.25) is 0 Å². The smallest absolute Gasteiger partial charge is 0.417 e. The average Bonchev–Trinajstić information content (AvgIpc) is 1.72. The van der Waals surface area contributed by atoms with E-state index in [1.54, 1.807) is 74.5 Å². The van der Waals surface area contributed by atoms with Crippen molar-refractivity contribution >= 4 is 54.0 Å². The van der Waals surface area contributed by atoms with Crippen molar-refractivity contribution in [3.05, 3.63) is 88.5 Å². The van der Waals surface area contributed by atoms with Crippen LogP contribution in [0.1, 0.15) is 109 Å². The van der Waals surface area contributed by atoms with E-state index in [0.29, 0.717) is 114 Å². The topological polar surface area (TPSA) is 362 Å². The van der Waals surface area contributed by atoms with Gasteiger partial charge in [0.05, 0.1) is 162 Å². The van der Waals surface area contributed by atoms with E-state index >= 15 is 0 Å². The summed E-state index contributed by atoms with van der Waals surface area (Å²) in [4.78, 5) is 114. The fourth-order valence-corrected chi connectivity index (χ4v) is 12.6. The van der Waals surface area contributed by atoms with Gasteiger partial charge in [0.1, 0.15) is 26.4 Å². The lowest BCUT2D eigenvalue weighted by Crippen LogP contribution is -2.43. The van der Waals surface area contributed by atoms with Gasteiger partial charge in [0, 0.05) is 0 Å². The van der Waals surface area contributed by atoms with Crippen molar-refractivity contribution in [2.75, 3.05) is 133 Å². The Hall–Kier alpha value is -11.7. The van der Waals surface area contributed by atoms with E-state index in [0.717, 1.165) is 0 Å². The van der Waals surface area contributed by atoms with Crippen LogP contribution in [0.3, 0.4) is 0 Å². The zero-order valence-electron chi connectivity index (χ0n) is 69.7. The van der Waals surface area contributed by atoms with Gasteiger partial charge in [0.25, 0.3) is 0 Å². The lowest BCUT2D eigenvalue weighted by Gasteiger charge is -2.26. The Kier molecular flexibility index (Phi) is 35.4. The molecule has 1 N–H and O–H groups in total. The number of rotatable bonds is 29. The highest BCUT2D eigenvalue weighted by Crippen LogP contribution is 2.45. The Morgan fingerprint density at radius 3 is 0.675 bits per heavy atom. The first-order chi connectivity index (χ1) is 54.2. The number of benzene rings is 5. The summed E-state index contributed by atoms with van der Waals surface area (Å²) in [6.07, 6.45) is -2.39. The lowest BCUT2D eigenvalue weighted by molar-refractivity contribution is -0.136. The third-order valence-electron chi connectivity index (χ3n) is 19.1. The van der Waals surface area contributed by atoms with Gasteiger partial charge in [-0.2, -0.15) is 0 Å². The number of hydrogen-bond donors (Lipinski definition) is 1. The summed E-state index contributed by atoms with van der Waals surface area (Å²) in [5.41, 5.74) is 3.26. The average molecular weight is 1600 g/mol. The van der Waals surface area contributed by atoms with Crippen molar-refractivity contribution in [2.24, 2.45) is 23.7 Å². The molecule has 8 amide bonds. The number of amides is 8. The maximum absolute atomic E-state index is 12.9. The number of ether oxygens (including phenoxy) is 19. The summed E-state index contributed by atoms with van der Waals surface area (Å²) < 4.78 is 99.1. The monoisotopic (exact) mass is 1600 g/mol. The van der Waals surface area contributed by atoms with E-state index in [-0.39, 0.29) is 117 Å². The summed E-state index contributed by atoms with van der Waals surface area (Å²) in [7, 11) is 22.6. The second-order valence-electron chi connectivity index (χ2n) is 27.4. The molecule has 5 aromatic carbocycles. The molecule has 4 saturated heterocycles. The van der Waals surface area contributed by atoms with Gasteiger partial charge in [-0.15, -0.1) is 0 Å². The molecule has 4 aliphatic rings. The molecule has 4 heterocycles. The summed E-state index contributed by atoms with van der Waals surface area (Å²) in [5, 5.41) is 8.71. The van der Waals surface area contributed by atoms with Crippen LogP contribution < -0.4 is 71.1 Å². The third kappa shape index (κ3) is 22.4. The first-order valence-corrected chi connectivity index (χ1v) is 36.3. The maximum atomic E-state index is 12.9. The van der Waals surface area contributed by atoms with Crippen LogP contribution in [0.25, 0.3) is 0 Å². The van der Waals surface area contributed by atoms with Crippen molar-refractivity contribution < 1.29 is 138 Å². The fraction of sp³-hybridized carbons (Fsp3) is 0.519. The molecule has 9 rings (SSSR count). The maximum Gasteiger partial charge on any atom is 0.417 e. The van der Waals surface area contributed by atoms with E-state index in [2.05, 4.69) is 0 Å². The predicted molar refractivity (Wildman–Crippen MR) is 413 cm³/mol. The second-order valence-corrected chi connectivity index (χ2v) is 27.4. The zero-order chi connectivity index (χ0) is 85.3. The molecule has 4 aliphatic heterocycles. The third-order valence-corrected chi connectivity index (χ3v) is 19.1. The first kappa shape index (κ1) is 92.9. The second kappa shape index (κ2) is 43.4. The van der Waals surface area contributed by atoms with Crippen LogP contribution in [-0.2, 0) is 62.2 Å². The summed E-state index contributed by atoms with van der Waals surface area (Å²) >= 11 is 0. The van der Waals surface area contributed by atoms with Crippen molar-refractivity contribution in [1.82, 2.24) is 19.6 Å². The Morgan fingerprint density at radius 2 is 0.491 bits per heavy atom. The SMILES string of the molecule is COc1cc(CC(=O)N2C(=O)OC[C@@H]2C(C)C)cc(OC)c1OC.COc1cc(CC(=O)N2C(=O)OC[C@H]2C(C)C)cc(OC)c1OC.COc1cc(CC(=O)O)cc(OC)c1OC.COc1cc([C@@H](C)C(=O)N2C(=O)OC[C@H]2C(C)C)cc(OC)c1OC.COc1cc([C@H](C)C(=O)N2C(=O)OC[C@@H]2C(C)C)cc(OC)c1OC. The highest BCUT2D eigenvalue weighted by atomic mass is 16.6. The van der Waals surface area contributed by atoms with Gasteiger partial charge in [-0.05, 0) is 126 Å². The quantitative estimate of drug-likeness (QED) is 0.0434. The van der Waals surface area contributed by atoms with E-state index in [1.807, 2.05) is 55.4 Å². The molecule has 5 aromatic rings. The van der Waals surface area contributed by atoms with Gasteiger partial charge in [-0.25, -0.2) is 38.8 Å². The molecular weight excluding hydrogens is 1490 g/mol. The molecule has 0 aromatic heterocycles. The summed E-state index contributed by atoms with van der Waals surface area (Å²) in [6, 6.07) is 15.9. The van der Waals surface area contributed by atoms with Crippen molar-refractivity contribution in [3.63, 3.8) is 0 Å². The lowest BCUT2D eigenvalue weighted by atomic mass is 9.96. The van der Waals surface area contributed by atoms with Gasteiger partial charge >= 0.3 is 30.3 Å². The summed E-state index contributed by atoms with van der Waals surface area (Å²) in [6.45, 7) is 20.0. The van der Waals surface area contributed by atoms with E-state index in [4.69, 9.17) is 95.1 Å². The molecule has 0 radical (unpaired) electrons. The van der Waals surface area contributed by atoms with Crippen molar-refractivity contribution in [1.29, 1.82) is 0 Å². The number of aliphatic carboxylic acids is 1. The minimum absolute atomic E-state index is 0.0367. The van der Waals surface area contributed by atoms with Crippen molar-refractivity contribution in [2.45, 2.75) is 125 Å². The van der Waals surface area contributed by atoms with Crippen LogP contribution in [0, 0.1) is 23.7 Å². The first-order valence-electron chi connectivity index (χ1n) is 36.3. The van der Waals surface area contributed by atoms with Gasteiger partial charge in [0.15, 0.2) is 57.5 Å². The molecule has 0 aliphatic carbocycles. The normalized spacial score (nSPS) is 16.5. The number of carbonyl (C=O) groups excluding carboxylic acids is 8. The molecule has 0 spiro atoms. The molecular formula is C81H110N4O29. The van der Waals surface area contributed by atoms with E-state index in [9.17, 15) is 43.2 Å². The Balaban J connectivity index is 0.000000256. The molecule has 0 bridgehead atoms. The summed E-state index contributed by atoms with van der Waals surface area (Å²) in [5.74, 6) is 4.06. The minimum atomic E-state index is -0.908. The number of imide groups is 4. The number of methoxy groups -OCH3 is 15. The Labute approximate surface area is 665 Å². The van der Waals surface area contributed by atoms with Gasteiger partial charge in [-0.1, -0.05) is 55.4 Å². The van der Waals surface area contributed by atoms with Crippen LogP contribution in [0.15, 0.2) is 60.7 Å². The number of hydrogen-bond acceptors (Lipinski definition) is 28. The molecule has 6 atom stereocenters. The highest BCUT2D eigenvalue weighted by molar-refractivity contribution is 5.99. The molecule has 0 saturated carbocycles. The molecule has 4 fully saturated rings. The fourth-order valence-electron chi connectivity index (χ4n) is 12.6. The Bertz CT molecular complexity index is 3810. The van der Waals surface area contributed by atoms with Crippen LogP contribution >= 0.6 is 0 Å². The predicted octanol–water partition coefficient (Wildman–Crippen LogP) is 11.5. The van der Waals surface area contributed by atoms with Gasteiger partial charge < -0.3 is 95.1 Å². The number of cyclic esters (lactones) is 4. The minimum Gasteiger partial charge on any atom is -0.493 e. The molecule has 628 valence electrons. The van der Waals surface area contributed by atoms with Gasteiger partial charge in [0.2, 0.25) is 52.4 Å².